The van der Waals surface area contributed by atoms with Crippen molar-refractivity contribution in [3.8, 4) is 0 Å². The summed E-state index contributed by atoms with van der Waals surface area (Å²) in [5, 5.41) is 0. The molecular formula is C15H17NO2. The number of hydrogen-bond acceptors (Lipinski definition) is 3. The van der Waals surface area contributed by atoms with Gasteiger partial charge in [0, 0.05) is 18.0 Å². The van der Waals surface area contributed by atoms with Gasteiger partial charge in [0.1, 0.15) is 0 Å². The zero-order valence-corrected chi connectivity index (χ0v) is 10.8. The second kappa shape index (κ2) is 5.63. The summed E-state index contributed by atoms with van der Waals surface area (Å²) >= 11 is 0. The Hall–Kier alpha value is -1.90. The Morgan fingerprint density at radius 3 is 2.72 bits per heavy atom. The molecule has 0 aliphatic heterocycles. The van der Waals surface area contributed by atoms with Gasteiger partial charge >= 0.3 is 5.97 Å². The van der Waals surface area contributed by atoms with E-state index in [1.165, 1.54) is 5.57 Å². The third-order valence-electron chi connectivity index (χ3n) is 3.00. The summed E-state index contributed by atoms with van der Waals surface area (Å²) in [6.45, 7) is 4.33. The van der Waals surface area contributed by atoms with Gasteiger partial charge < -0.3 is 4.74 Å². The van der Waals surface area contributed by atoms with E-state index in [9.17, 15) is 4.79 Å². The fraction of sp³-hybridized carbons (Fsp3) is 0.333. The number of pyridine rings is 1. The van der Waals surface area contributed by atoms with Crippen molar-refractivity contribution in [1.82, 2.24) is 4.98 Å². The van der Waals surface area contributed by atoms with Crippen LogP contribution in [0.15, 0.2) is 41.7 Å². The summed E-state index contributed by atoms with van der Waals surface area (Å²) < 4.78 is 5.13. The molecule has 18 heavy (non-hydrogen) atoms. The Labute approximate surface area is 107 Å². The van der Waals surface area contributed by atoms with E-state index in [1.54, 1.807) is 12.4 Å². The predicted molar refractivity (Wildman–Crippen MR) is 70.8 cm³/mol. The first-order valence-electron chi connectivity index (χ1n) is 6.20. The molecule has 0 amide bonds. The molecule has 0 spiro atoms. The predicted octanol–water partition coefficient (Wildman–Crippen LogP) is 3.14. The van der Waals surface area contributed by atoms with Crippen molar-refractivity contribution >= 4 is 11.5 Å². The molecule has 0 saturated heterocycles. The van der Waals surface area contributed by atoms with Crippen LogP contribution in [0.2, 0.25) is 0 Å². The summed E-state index contributed by atoms with van der Waals surface area (Å²) in [5.41, 5.74) is 4.05. The summed E-state index contributed by atoms with van der Waals surface area (Å²) in [6, 6.07) is 3.84. The first-order valence-corrected chi connectivity index (χ1v) is 6.20. The quantitative estimate of drug-likeness (QED) is 0.765. The smallest absolute Gasteiger partial charge is 0.334 e. The molecule has 0 saturated carbocycles. The molecule has 0 bridgehead atoms. The molecule has 0 unspecified atom stereocenters. The Kier molecular flexibility index (Phi) is 3.92. The van der Waals surface area contributed by atoms with Crippen molar-refractivity contribution in [2.45, 2.75) is 26.7 Å². The molecule has 1 aliphatic rings. The number of ether oxygens (including phenoxy) is 1. The van der Waals surface area contributed by atoms with E-state index in [2.05, 4.69) is 18.0 Å². The molecule has 0 fully saturated rings. The van der Waals surface area contributed by atoms with Crippen LogP contribution >= 0.6 is 0 Å². The Bertz CT molecular complexity index is 500. The normalized spacial score (nSPS) is 15.3. The Balaban J connectivity index is 2.45. The van der Waals surface area contributed by atoms with Crippen LogP contribution in [-0.4, -0.2) is 17.6 Å². The van der Waals surface area contributed by atoms with E-state index in [0.29, 0.717) is 6.61 Å². The van der Waals surface area contributed by atoms with Gasteiger partial charge in [0.25, 0.3) is 0 Å². The van der Waals surface area contributed by atoms with Gasteiger partial charge in [0.05, 0.1) is 6.61 Å². The minimum absolute atomic E-state index is 0.201. The Morgan fingerprint density at radius 1 is 1.33 bits per heavy atom. The molecule has 2 rings (SSSR count). The molecule has 0 atom stereocenters. The van der Waals surface area contributed by atoms with Crippen LogP contribution < -0.4 is 0 Å². The lowest BCUT2D eigenvalue weighted by atomic mass is 9.89. The first kappa shape index (κ1) is 12.6. The monoisotopic (exact) mass is 243 g/mol. The van der Waals surface area contributed by atoms with E-state index in [4.69, 9.17) is 4.74 Å². The van der Waals surface area contributed by atoms with Gasteiger partial charge in [-0.1, -0.05) is 11.6 Å². The first-order chi connectivity index (χ1) is 8.72. The zero-order chi connectivity index (χ0) is 13.0. The average molecular weight is 243 g/mol. The second-order valence-electron chi connectivity index (χ2n) is 4.34. The van der Waals surface area contributed by atoms with Gasteiger partial charge in [0.15, 0.2) is 0 Å². The number of carbonyl (C=O) groups excluding carboxylic acids is 1. The van der Waals surface area contributed by atoms with E-state index < -0.39 is 0 Å². The van der Waals surface area contributed by atoms with Gasteiger partial charge in [-0.3, -0.25) is 4.98 Å². The highest BCUT2D eigenvalue weighted by molar-refractivity contribution is 6.00. The number of aromatic nitrogens is 1. The van der Waals surface area contributed by atoms with Gasteiger partial charge in [-0.15, -0.1) is 0 Å². The van der Waals surface area contributed by atoms with Gasteiger partial charge in [-0.2, -0.15) is 0 Å². The minimum atomic E-state index is -0.201. The summed E-state index contributed by atoms with van der Waals surface area (Å²) in [4.78, 5) is 16.0. The average Bonchev–Trinajstić information content (AvgIpc) is 2.40. The van der Waals surface area contributed by atoms with E-state index >= 15 is 0 Å². The van der Waals surface area contributed by atoms with Crippen molar-refractivity contribution in [3.05, 3.63) is 47.3 Å². The lowest BCUT2D eigenvalue weighted by Crippen LogP contribution is -2.12. The maximum atomic E-state index is 12.0. The van der Waals surface area contributed by atoms with E-state index in [-0.39, 0.29) is 5.97 Å². The summed E-state index contributed by atoms with van der Waals surface area (Å²) in [5.74, 6) is -0.201. The third-order valence-corrected chi connectivity index (χ3v) is 3.00. The lowest BCUT2D eigenvalue weighted by molar-refractivity contribution is -0.138. The molecule has 3 heteroatoms. The maximum Gasteiger partial charge on any atom is 0.334 e. The van der Waals surface area contributed by atoms with Crippen molar-refractivity contribution in [2.75, 3.05) is 6.61 Å². The molecule has 1 aromatic rings. The van der Waals surface area contributed by atoms with Crippen molar-refractivity contribution in [2.24, 2.45) is 0 Å². The van der Waals surface area contributed by atoms with E-state index in [1.807, 2.05) is 19.1 Å². The number of esters is 1. The molecule has 1 aromatic heterocycles. The van der Waals surface area contributed by atoms with Crippen LogP contribution in [0, 0.1) is 0 Å². The molecule has 1 aliphatic carbocycles. The summed E-state index contributed by atoms with van der Waals surface area (Å²) in [7, 11) is 0. The molecule has 1 heterocycles. The van der Waals surface area contributed by atoms with Crippen LogP contribution in [0.3, 0.4) is 0 Å². The number of rotatable bonds is 3. The molecule has 0 N–H and O–H groups in total. The molecule has 0 radical (unpaired) electrons. The van der Waals surface area contributed by atoms with Crippen molar-refractivity contribution < 1.29 is 9.53 Å². The fourth-order valence-corrected chi connectivity index (χ4v) is 2.08. The van der Waals surface area contributed by atoms with Crippen LogP contribution in [0.1, 0.15) is 32.3 Å². The number of hydrogen-bond donors (Lipinski definition) is 0. The maximum absolute atomic E-state index is 12.0. The third kappa shape index (κ3) is 2.67. The minimum Gasteiger partial charge on any atom is -0.463 e. The fourth-order valence-electron chi connectivity index (χ4n) is 2.08. The number of nitrogens with zero attached hydrogens (tertiary/aromatic N) is 1. The molecule has 0 aromatic carbocycles. The van der Waals surface area contributed by atoms with E-state index in [0.717, 1.165) is 29.6 Å². The van der Waals surface area contributed by atoms with Gasteiger partial charge in [0.2, 0.25) is 0 Å². The highest BCUT2D eigenvalue weighted by Gasteiger charge is 2.20. The molecule has 94 valence electrons. The number of allylic oxidation sites excluding steroid dienone is 3. The Morgan fingerprint density at radius 2 is 2.06 bits per heavy atom. The standard InChI is InChI=1S/C15H17NO2/c1-3-18-15(17)13-5-4-11(2)10-14(13)12-6-8-16-9-7-12/h6-10H,3-5H2,1-2H3. The highest BCUT2D eigenvalue weighted by atomic mass is 16.5. The van der Waals surface area contributed by atoms with Crippen LogP contribution in [0.5, 0.6) is 0 Å². The van der Waals surface area contributed by atoms with Gasteiger partial charge in [-0.05, 0) is 50.0 Å². The molecule has 3 nitrogen and oxygen atoms in total. The van der Waals surface area contributed by atoms with Crippen LogP contribution in [0.4, 0.5) is 0 Å². The topological polar surface area (TPSA) is 39.2 Å². The number of carbonyl (C=O) groups is 1. The van der Waals surface area contributed by atoms with Crippen LogP contribution in [-0.2, 0) is 9.53 Å². The zero-order valence-electron chi connectivity index (χ0n) is 10.8. The summed E-state index contributed by atoms with van der Waals surface area (Å²) in [6.07, 6.45) is 7.22. The van der Waals surface area contributed by atoms with Crippen molar-refractivity contribution in [1.29, 1.82) is 0 Å². The largest absolute Gasteiger partial charge is 0.463 e. The van der Waals surface area contributed by atoms with Gasteiger partial charge in [-0.25, -0.2) is 4.79 Å². The van der Waals surface area contributed by atoms with Crippen LogP contribution in [0.25, 0.3) is 5.57 Å². The highest BCUT2D eigenvalue weighted by Crippen LogP contribution is 2.31. The van der Waals surface area contributed by atoms with Crippen molar-refractivity contribution in [3.63, 3.8) is 0 Å². The SMILES string of the molecule is CCOC(=O)C1=C(c2ccncc2)C=C(C)CC1. The molecular weight excluding hydrogens is 226 g/mol. The lowest BCUT2D eigenvalue weighted by Gasteiger charge is -2.17. The second-order valence-corrected chi connectivity index (χ2v) is 4.34.